The number of hydrogen-bond acceptors (Lipinski definition) is 7. The molecule has 0 bridgehead atoms. The zero-order valence-corrected chi connectivity index (χ0v) is 26.3. The van der Waals surface area contributed by atoms with Gasteiger partial charge in [-0.1, -0.05) is 45.1 Å². The number of rotatable bonds is 16. The molecule has 0 aromatic heterocycles. The van der Waals surface area contributed by atoms with Gasteiger partial charge in [0.2, 0.25) is 0 Å². The van der Waals surface area contributed by atoms with Crippen molar-refractivity contribution in [3.05, 3.63) is 11.1 Å². The van der Waals surface area contributed by atoms with Gasteiger partial charge >= 0.3 is 5.97 Å². The fourth-order valence-electron chi connectivity index (χ4n) is 7.84. The molecule has 2 saturated heterocycles. The highest BCUT2D eigenvalue weighted by Gasteiger charge is 2.87. The van der Waals surface area contributed by atoms with Gasteiger partial charge < -0.3 is 25.2 Å². The van der Waals surface area contributed by atoms with Gasteiger partial charge in [-0.15, -0.1) is 0 Å². The van der Waals surface area contributed by atoms with Crippen molar-refractivity contribution in [3.8, 4) is 0 Å². The van der Waals surface area contributed by atoms with Crippen LogP contribution < -0.4 is 16.4 Å². The molecule has 2 saturated carbocycles. The average Bonchev–Trinajstić information content (AvgIpc) is 3.70. The number of ether oxygens (including phenoxy) is 2. The van der Waals surface area contributed by atoms with E-state index in [4.69, 9.17) is 15.2 Å². The molecule has 7 atom stereocenters. The molecule has 0 aromatic rings. The Bertz CT molecular complexity index is 1000. The monoisotopic (exact) mass is 591 g/mol. The van der Waals surface area contributed by atoms with Crippen molar-refractivity contribution in [1.82, 2.24) is 0 Å². The van der Waals surface area contributed by atoms with Crippen molar-refractivity contribution in [2.45, 2.75) is 122 Å². The number of carbonyl (C=O) groups excluding carboxylic acids is 3. The van der Waals surface area contributed by atoms with E-state index in [0.29, 0.717) is 24.3 Å². The number of aliphatic hydroxyl groups excluding tert-OH is 1. The van der Waals surface area contributed by atoms with E-state index in [9.17, 15) is 19.5 Å². The SMILES string of the molecule is CCCCC(C[NH2+]CCC)COC(=O)C12OC1(CC(CO)=C(C)CCC1CC[NH2+]C(N)C1)C(=O)C1CCCCC1C2=O. The number of aliphatic hydroxyl groups is 1. The molecule has 42 heavy (non-hydrogen) atoms. The Labute approximate surface area is 252 Å². The number of carbonyl (C=O) groups is 3. The number of unbranched alkanes of at least 4 members (excludes halogenated alkanes) is 1. The fourth-order valence-corrected chi connectivity index (χ4v) is 7.84. The molecule has 2 aliphatic carbocycles. The van der Waals surface area contributed by atoms with Crippen LogP contribution in [0.25, 0.3) is 0 Å². The Balaban J connectivity index is 1.53. The lowest BCUT2D eigenvalue weighted by atomic mass is 9.60. The van der Waals surface area contributed by atoms with Gasteiger partial charge in [-0.2, -0.15) is 0 Å². The van der Waals surface area contributed by atoms with E-state index in [-0.39, 0.29) is 43.3 Å². The summed E-state index contributed by atoms with van der Waals surface area (Å²) < 4.78 is 12.1. The number of piperidine rings is 1. The Kier molecular flexibility index (Phi) is 11.8. The van der Waals surface area contributed by atoms with Crippen LogP contribution in [-0.2, 0) is 23.9 Å². The van der Waals surface area contributed by atoms with Crippen LogP contribution in [0.2, 0.25) is 0 Å². The van der Waals surface area contributed by atoms with Gasteiger partial charge in [0.05, 0.1) is 32.8 Å². The largest absolute Gasteiger partial charge is 0.463 e. The maximum atomic E-state index is 14.1. The lowest BCUT2D eigenvalue weighted by molar-refractivity contribution is -0.699. The molecule has 0 spiro atoms. The van der Waals surface area contributed by atoms with Gasteiger partial charge in [-0.05, 0) is 63.4 Å². The number of epoxide rings is 1. The van der Waals surface area contributed by atoms with E-state index >= 15 is 0 Å². The molecule has 7 unspecified atom stereocenters. The first-order valence-corrected chi connectivity index (χ1v) is 16.9. The van der Waals surface area contributed by atoms with Crippen LogP contribution in [0.5, 0.6) is 0 Å². The van der Waals surface area contributed by atoms with Crippen molar-refractivity contribution in [2.75, 3.05) is 32.8 Å². The predicted molar refractivity (Wildman–Crippen MR) is 159 cm³/mol. The van der Waals surface area contributed by atoms with E-state index in [1.54, 1.807) is 0 Å². The van der Waals surface area contributed by atoms with E-state index in [0.717, 1.165) is 89.4 Å². The second kappa shape index (κ2) is 14.9. The number of esters is 1. The third-order valence-electron chi connectivity index (χ3n) is 10.6. The molecule has 238 valence electrons. The summed E-state index contributed by atoms with van der Waals surface area (Å²) in [5, 5.41) is 14.9. The molecular formula is C33H57N3O6+2. The number of nitrogens with two attached hydrogens (primary N) is 3. The summed E-state index contributed by atoms with van der Waals surface area (Å²) in [5.74, 6) is -1.32. The van der Waals surface area contributed by atoms with Crippen molar-refractivity contribution in [2.24, 2.45) is 29.4 Å². The third-order valence-corrected chi connectivity index (χ3v) is 10.6. The zero-order valence-electron chi connectivity index (χ0n) is 26.3. The van der Waals surface area contributed by atoms with Gasteiger partial charge in [-0.25, -0.2) is 4.79 Å². The van der Waals surface area contributed by atoms with Crippen molar-refractivity contribution in [1.29, 1.82) is 0 Å². The number of allylic oxidation sites excluding steroid dienone is 1. The predicted octanol–water partition coefficient (Wildman–Crippen LogP) is 1.51. The molecule has 4 rings (SSSR count). The molecule has 0 amide bonds. The van der Waals surface area contributed by atoms with Crippen LogP contribution in [-0.4, -0.2) is 72.9 Å². The third kappa shape index (κ3) is 6.85. The summed E-state index contributed by atoms with van der Waals surface area (Å²) in [5.41, 5.74) is 4.41. The summed E-state index contributed by atoms with van der Waals surface area (Å²) in [7, 11) is 0. The van der Waals surface area contributed by atoms with E-state index in [1.807, 2.05) is 6.92 Å². The molecule has 2 heterocycles. The molecule has 4 aliphatic rings. The molecule has 0 aromatic carbocycles. The Morgan fingerprint density at radius 3 is 2.57 bits per heavy atom. The molecule has 7 N–H and O–H groups in total. The van der Waals surface area contributed by atoms with Crippen LogP contribution in [0.1, 0.15) is 104 Å². The minimum Gasteiger partial charge on any atom is -0.463 e. The first-order chi connectivity index (χ1) is 20.2. The van der Waals surface area contributed by atoms with E-state index < -0.39 is 29.0 Å². The normalized spacial score (nSPS) is 33.8. The zero-order chi connectivity index (χ0) is 30.3. The number of fused-ring (bicyclic) bond motifs is 2. The highest BCUT2D eigenvalue weighted by Crippen LogP contribution is 2.62. The number of hydrogen-bond donors (Lipinski definition) is 4. The molecule has 4 fully saturated rings. The molecule has 9 heteroatoms. The lowest BCUT2D eigenvalue weighted by Crippen LogP contribution is -2.94. The first-order valence-electron chi connectivity index (χ1n) is 16.9. The maximum absolute atomic E-state index is 14.1. The minimum atomic E-state index is -1.88. The van der Waals surface area contributed by atoms with Gasteiger partial charge in [0.1, 0.15) is 6.17 Å². The Morgan fingerprint density at radius 1 is 1.17 bits per heavy atom. The van der Waals surface area contributed by atoms with Gasteiger partial charge in [0.25, 0.3) is 5.60 Å². The minimum absolute atomic E-state index is 0.0692. The highest BCUT2D eigenvalue weighted by atomic mass is 16.7. The molecular weight excluding hydrogens is 534 g/mol. The maximum Gasteiger partial charge on any atom is 0.350 e. The van der Waals surface area contributed by atoms with Gasteiger partial charge in [0, 0.05) is 30.6 Å². The average molecular weight is 592 g/mol. The van der Waals surface area contributed by atoms with Crippen molar-refractivity contribution >= 4 is 17.5 Å². The van der Waals surface area contributed by atoms with Crippen molar-refractivity contribution in [3.63, 3.8) is 0 Å². The van der Waals surface area contributed by atoms with Crippen LogP contribution in [0.15, 0.2) is 11.1 Å². The van der Waals surface area contributed by atoms with E-state index in [1.165, 1.54) is 0 Å². The first kappa shape index (κ1) is 33.2. The summed E-state index contributed by atoms with van der Waals surface area (Å²) in [4.78, 5) is 42.1. The van der Waals surface area contributed by atoms with Gasteiger partial charge in [-0.3, -0.25) is 15.3 Å². The standard InChI is InChI=1S/C33H55N3O6/c1-4-6-9-24(19-35-15-5-2)21-41-31(40)33-30(39)27-11-8-7-10-26(27)29(38)32(33,42-33)18-25(20-37)22(3)12-13-23-14-16-36-28(34)17-23/h23-24,26-28,35-37H,4-21,34H2,1-3H3/p+2. The number of quaternary nitrogens is 2. The second-order valence-corrected chi connectivity index (χ2v) is 13.6. The fraction of sp³-hybridized carbons (Fsp3) is 0.848. The summed E-state index contributed by atoms with van der Waals surface area (Å²) in [6, 6.07) is 0. The van der Waals surface area contributed by atoms with Crippen LogP contribution in [0, 0.1) is 23.7 Å². The summed E-state index contributed by atoms with van der Waals surface area (Å²) in [6.45, 7) is 9.17. The molecule has 2 aliphatic heterocycles. The summed E-state index contributed by atoms with van der Waals surface area (Å²) >= 11 is 0. The smallest absolute Gasteiger partial charge is 0.350 e. The lowest BCUT2D eigenvalue weighted by Gasteiger charge is -2.37. The van der Waals surface area contributed by atoms with Crippen LogP contribution in [0.3, 0.4) is 0 Å². The Morgan fingerprint density at radius 2 is 1.90 bits per heavy atom. The number of ketones is 2. The quantitative estimate of drug-likeness (QED) is 0.0698. The summed E-state index contributed by atoms with van der Waals surface area (Å²) in [6.07, 6.45) is 11.2. The second-order valence-electron chi connectivity index (χ2n) is 13.6. The molecule has 9 nitrogen and oxygen atoms in total. The van der Waals surface area contributed by atoms with E-state index in [2.05, 4.69) is 24.5 Å². The van der Waals surface area contributed by atoms with Crippen LogP contribution >= 0.6 is 0 Å². The van der Waals surface area contributed by atoms with Crippen LogP contribution in [0.4, 0.5) is 0 Å². The topological polar surface area (TPSA) is 152 Å². The van der Waals surface area contributed by atoms with Gasteiger partial charge in [0.15, 0.2) is 17.2 Å². The highest BCUT2D eigenvalue weighted by molar-refractivity contribution is 6.23. The number of Topliss-reactive ketones (excluding diaryl/α,β-unsaturated/α-hetero) is 2. The Hall–Kier alpha value is -1.65. The van der Waals surface area contributed by atoms with Crippen molar-refractivity contribution < 1.29 is 39.6 Å². The molecule has 0 radical (unpaired) electrons.